The van der Waals surface area contributed by atoms with Crippen molar-refractivity contribution in [2.24, 2.45) is 0 Å². The molecule has 0 saturated heterocycles. The molecule has 1 amide bonds. The number of thiazole rings is 1. The van der Waals surface area contributed by atoms with Gasteiger partial charge in [-0.2, -0.15) is 0 Å². The van der Waals surface area contributed by atoms with Crippen LogP contribution in [-0.4, -0.2) is 44.2 Å². The Hall–Kier alpha value is -3.85. The van der Waals surface area contributed by atoms with E-state index in [9.17, 15) is 9.59 Å². The third-order valence-corrected chi connectivity index (χ3v) is 5.73. The van der Waals surface area contributed by atoms with Crippen molar-refractivity contribution in [2.75, 3.05) is 21.3 Å². The minimum Gasteiger partial charge on any atom is -0.497 e. The molecule has 1 aromatic heterocycles. The highest BCUT2D eigenvalue weighted by Crippen LogP contribution is 2.39. The van der Waals surface area contributed by atoms with Crippen LogP contribution in [0.4, 0.5) is 0 Å². The number of aromatic nitrogens is 1. The van der Waals surface area contributed by atoms with Crippen molar-refractivity contribution in [1.82, 2.24) is 10.3 Å². The lowest BCUT2D eigenvalue weighted by Gasteiger charge is -2.11. The van der Waals surface area contributed by atoms with E-state index in [2.05, 4.69) is 10.3 Å². The van der Waals surface area contributed by atoms with Gasteiger partial charge in [0.15, 0.2) is 11.5 Å². The summed E-state index contributed by atoms with van der Waals surface area (Å²) in [5.74, 6) is 0.963. The number of hydrogen-bond acceptors (Lipinski definition) is 8. The van der Waals surface area contributed by atoms with Crippen LogP contribution in [0.5, 0.6) is 17.2 Å². The van der Waals surface area contributed by atoms with E-state index < -0.39 is 17.9 Å². The van der Waals surface area contributed by atoms with Crippen LogP contribution in [0.2, 0.25) is 0 Å². The van der Waals surface area contributed by atoms with Gasteiger partial charge in [-0.05, 0) is 42.8 Å². The molecule has 3 aromatic rings. The smallest absolute Gasteiger partial charge is 0.328 e. The fraction of sp³-hybridized carbons (Fsp3) is 0.240. The molecule has 2 aromatic carbocycles. The van der Waals surface area contributed by atoms with E-state index in [4.69, 9.17) is 18.9 Å². The monoisotopic (exact) mass is 482 g/mol. The predicted octanol–water partition coefficient (Wildman–Crippen LogP) is 4.10. The fourth-order valence-corrected chi connectivity index (χ4v) is 3.86. The predicted molar refractivity (Wildman–Crippen MR) is 130 cm³/mol. The first kappa shape index (κ1) is 24.8. The number of rotatable bonds is 10. The van der Waals surface area contributed by atoms with Crippen LogP contribution in [0.1, 0.15) is 18.2 Å². The van der Waals surface area contributed by atoms with Crippen LogP contribution in [0, 0.1) is 0 Å². The summed E-state index contributed by atoms with van der Waals surface area (Å²) in [6, 6.07) is 12.0. The third kappa shape index (κ3) is 6.35. The van der Waals surface area contributed by atoms with Crippen molar-refractivity contribution in [2.45, 2.75) is 19.6 Å². The summed E-state index contributed by atoms with van der Waals surface area (Å²) < 4.78 is 21.2. The van der Waals surface area contributed by atoms with Crippen LogP contribution in [0.25, 0.3) is 16.6 Å². The summed E-state index contributed by atoms with van der Waals surface area (Å²) >= 11 is 1.40. The molecule has 1 N–H and O–H groups in total. The van der Waals surface area contributed by atoms with Crippen LogP contribution in [-0.2, 0) is 20.9 Å². The zero-order chi connectivity index (χ0) is 24.5. The Morgan fingerprint density at radius 2 is 1.82 bits per heavy atom. The largest absolute Gasteiger partial charge is 0.497 e. The van der Waals surface area contributed by atoms with Gasteiger partial charge in [0, 0.05) is 11.5 Å². The van der Waals surface area contributed by atoms with Gasteiger partial charge in [0.05, 0.1) is 32.6 Å². The van der Waals surface area contributed by atoms with Crippen molar-refractivity contribution in [3.8, 4) is 27.8 Å². The van der Waals surface area contributed by atoms with Gasteiger partial charge >= 0.3 is 5.97 Å². The molecule has 178 valence electrons. The summed E-state index contributed by atoms with van der Waals surface area (Å²) in [5.41, 5.74) is 2.21. The first-order valence-corrected chi connectivity index (χ1v) is 11.3. The topological polar surface area (TPSA) is 96.0 Å². The highest BCUT2D eigenvalue weighted by atomic mass is 32.1. The lowest BCUT2D eigenvalue weighted by Crippen LogP contribution is -2.38. The number of carbonyl (C=O) groups is 2. The maximum absolute atomic E-state index is 12.3. The average molecular weight is 483 g/mol. The standard InChI is InChI=1S/C25H26N2O6S/c1-16(26-22(28)13-10-17-8-11-19(30-2)12-9-17)25(29)33-14-18-15-34-24(27-18)20-6-5-7-21(31-3)23(20)32-4/h5-13,15-16H,14H2,1-4H3,(H,26,28). The minimum atomic E-state index is -0.815. The van der Waals surface area contributed by atoms with Crippen molar-refractivity contribution in [1.29, 1.82) is 0 Å². The van der Waals surface area contributed by atoms with Crippen LogP contribution in [0.15, 0.2) is 53.9 Å². The number of esters is 1. The Morgan fingerprint density at radius 3 is 2.50 bits per heavy atom. The molecule has 0 spiro atoms. The number of carbonyl (C=O) groups excluding carboxylic acids is 2. The van der Waals surface area contributed by atoms with E-state index >= 15 is 0 Å². The SMILES string of the molecule is COc1ccc(C=CC(=O)NC(C)C(=O)OCc2csc(-c3cccc(OC)c3OC)n2)cc1. The van der Waals surface area contributed by atoms with Crippen molar-refractivity contribution in [3.63, 3.8) is 0 Å². The molecule has 34 heavy (non-hydrogen) atoms. The van der Waals surface area contributed by atoms with Gasteiger partial charge in [-0.25, -0.2) is 9.78 Å². The molecule has 0 aliphatic carbocycles. The fourth-order valence-electron chi connectivity index (χ4n) is 3.03. The second-order valence-electron chi connectivity index (χ2n) is 7.13. The molecule has 0 saturated carbocycles. The maximum atomic E-state index is 12.3. The number of ether oxygens (including phenoxy) is 4. The Kier molecular flexibility index (Phi) is 8.64. The second kappa shape index (κ2) is 11.9. The summed E-state index contributed by atoms with van der Waals surface area (Å²) in [6.45, 7) is 1.55. The van der Waals surface area contributed by atoms with E-state index in [1.54, 1.807) is 52.5 Å². The van der Waals surface area contributed by atoms with E-state index in [1.807, 2.05) is 29.6 Å². The quantitative estimate of drug-likeness (QED) is 0.343. The lowest BCUT2D eigenvalue weighted by molar-refractivity contribution is -0.148. The number of nitrogens with one attached hydrogen (secondary N) is 1. The summed E-state index contributed by atoms with van der Waals surface area (Å²) in [4.78, 5) is 29.0. The Labute approximate surface area is 202 Å². The molecular weight excluding hydrogens is 456 g/mol. The number of benzene rings is 2. The average Bonchev–Trinajstić information content (AvgIpc) is 3.34. The number of methoxy groups -OCH3 is 3. The maximum Gasteiger partial charge on any atom is 0.328 e. The molecule has 0 fully saturated rings. The third-order valence-electron chi connectivity index (χ3n) is 4.80. The van der Waals surface area contributed by atoms with Gasteiger partial charge in [-0.1, -0.05) is 18.2 Å². The molecule has 0 aliphatic rings. The normalized spacial score (nSPS) is 11.6. The Bertz CT molecular complexity index is 1160. The van der Waals surface area contributed by atoms with E-state index in [0.29, 0.717) is 22.2 Å². The zero-order valence-electron chi connectivity index (χ0n) is 19.4. The second-order valence-corrected chi connectivity index (χ2v) is 7.99. The highest BCUT2D eigenvalue weighted by molar-refractivity contribution is 7.13. The number of hydrogen-bond donors (Lipinski definition) is 1. The molecule has 1 unspecified atom stereocenters. The zero-order valence-corrected chi connectivity index (χ0v) is 20.2. The molecule has 0 aliphatic heterocycles. The highest BCUT2D eigenvalue weighted by Gasteiger charge is 2.18. The summed E-state index contributed by atoms with van der Waals surface area (Å²) in [7, 11) is 4.73. The number of amides is 1. The first-order valence-electron chi connectivity index (χ1n) is 10.4. The van der Waals surface area contributed by atoms with Crippen molar-refractivity contribution in [3.05, 3.63) is 65.2 Å². The molecule has 9 heteroatoms. The molecule has 0 bridgehead atoms. The van der Waals surface area contributed by atoms with Crippen molar-refractivity contribution < 1.29 is 28.5 Å². The van der Waals surface area contributed by atoms with Gasteiger partial charge in [0.1, 0.15) is 23.4 Å². The van der Waals surface area contributed by atoms with Gasteiger partial charge in [-0.3, -0.25) is 4.79 Å². The van der Waals surface area contributed by atoms with Gasteiger partial charge in [0.2, 0.25) is 5.91 Å². The van der Waals surface area contributed by atoms with Gasteiger partial charge in [0.25, 0.3) is 0 Å². The number of nitrogens with zero attached hydrogens (tertiary/aromatic N) is 1. The van der Waals surface area contributed by atoms with Crippen LogP contribution >= 0.6 is 11.3 Å². The number of para-hydroxylation sites is 1. The molecule has 1 atom stereocenters. The molecule has 8 nitrogen and oxygen atoms in total. The molecular formula is C25H26N2O6S. The summed E-state index contributed by atoms with van der Waals surface area (Å²) in [6.07, 6.45) is 3.01. The Balaban J connectivity index is 1.53. The van der Waals surface area contributed by atoms with Crippen LogP contribution in [0.3, 0.4) is 0 Å². The lowest BCUT2D eigenvalue weighted by atomic mass is 10.2. The van der Waals surface area contributed by atoms with Gasteiger partial charge < -0.3 is 24.3 Å². The van der Waals surface area contributed by atoms with E-state index in [0.717, 1.165) is 16.9 Å². The Morgan fingerprint density at radius 1 is 1.06 bits per heavy atom. The van der Waals surface area contributed by atoms with E-state index in [1.165, 1.54) is 17.4 Å². The summed E-state index contributed by atoms with van der Waals surface area (Å²) in [5, 5.41) is 5.12. The molecule has 3 rings (SSSR count). The van der Waals surface area contributed by atoms with E-state index in [-0.39, 0.29) is 6.61 Å². The molecule has 0 radical (unpaired) electrons. The van der Waals surface area contributed by atoms with Gasteiger partial charge in [-0.15, -0.1) is 11.3 Å². The molecule has 1 heterocycles. The van der Waals surface area contributed by atoms with Crippen molar-refractivity contribution >= 4 is 29.3 Å². The first-order chi connectivity index (χ1) is 16.4. The van der Waals surface area contributed by atoms with Crippen LogP contribution < -0.4 is 19.5 Å². The minimum absolute atomic E-state index is 0.0104.